The van der Waals surface area contributed by atoms with Crippen molar-refractivity contribution in [1.82, 2.24) is 15.5 Å². The number of carbonyl (C=O) groups excluding carboxylic acids is 1. The van der Waals surface area contributed by atoms with Crippen molar-refractivity contribution in [2.45, 2.75) is 12.8 Å². The highest BCUT2D eigenvalue weighted by Crippen LogP contribution is 2.22. The molecule has 0 atom stereocenters. The Morgan fingerprint density at radius 3 is 2.54 bits per heavy atom. The van der Waals surface area contributed by atoms with E-state index in [1.165, 1.54) is 0 Å². The van der Waals surface area contributed by atoms with Crippen LogP contribution in [0.4, 0.5) is 5.82 Å². The number of piperidine rings is 1. The van der Waals surface area contributed by atoms with Gasteiger partial charge < -0.3 is 15.0 Å². The molecule has 0 saturated carbocycles. The average Bonchev–Trinajstić information content (AvgIpc) is 2.67. The molecule has 1 aromatic carbocycles. The van der Waals surface area contributed by atoms with Crippen molar-refractivity contribution in [3.8, 4) is 5.75 Å². The highest BCUT2D eigenvalue weighted by Gasteiger charge is 2.21. The number of carbonyl (C=O) groups is 1. The molecular weight excluding hydrogens is 304 g/mol. The van der Waals surface area contributed by atoms with E-state index in [9.17, 15) is 4.79 Å². The summed E-state index contributed by atoms with van der Waals surface area (Å²) in [6, 6.07) is 13.5. The van der Waals surface area contributed by atoms with Gasteiger partial charge in [-0.1, -0.05) is 18.2 Å². The number of aromatic nitrogens is 2. The maximum absolute atomic E-state index is 11.5. The second-order valence-electron chi connectivity index (χ2n) is 5.91. The Bertz CT molecular complexity index is 652. The minimum Gasteiger partial charge on any atom is -0.493 e. The van der Waals surface area contributed by atoms with E-state index in [4.69, 9.17) is 4.74 Å². The zero-order chi connectivity index (χ0) is 16.8. The molecule has 0 bridgehead atoms. The van der Waals surface area contributed by atoms with Crippen molar-refractivity contribution in [3.63, 3.8) is 0 Å². The number of rotatable bonds is 5. The number of nitrogens with zero attached hydrogens (tertiary/aromatic N) is 3. The number of benzene rings is 1. The predicted octanol–water partition coefficient (Wildman–Crippen LogP) is 2.13. The van der Waals surface area contributed by atoms with E-state index in [-0.39, 0.29) is 5.91 Å². The summed E-state index contributed by atoms with van der Waals surface area (Å²) in [6.07, 6.45) is 2.12. The van der Waals surface area contributed by atoms with Crippen LogP contribution in [0.3, 0.4) is 0 Å². The molecule has 1 amide bonds. The minimum atomic E-state index is -0.217. The van der Waals surface area contributed by atoms with Crippen LogP contribution >= 0.6 is 0 Å². The number of para-hydroxylation sites is 1. The van der Waals surface area contributed by atoms with Gasteiger partial charge in [-0.25, -0.2) is 0 Å². The van der Waals surface area contributed by atoms with Gasteiger partial charge in [0.2, 0.25) is 0 Å². The Balaban J connectivity index is 1.49. The molecule has 1 N–H and O–H groups in total. The number of hydrogen-bond acceptors (Lipinski definition) is 5. The monoisotopic (exact) mass is 326 g/mol. The molecule has 0 aliphatic carbocycles. The summed E-state index contributed by atoms with van der Waals surface area (Å²) >= 11 is 0. The summed E-state index contributed by atoms with van der Waals surface area (Å²) in [6.45, 7) is 2.60. The van der Waals surface area contributed by atoms with Crippen LogP contribution in [0.5, 0.6) is 5.75 Å². The van der Waals surface area contributed by atoms with E-state index < -0.39 is 0 Å². The van der Waals surface area contributed by atoms with Gasteiger partial charge in [0.1, 0.15) is 5.75 Å². The van der Waals surface area contributed by atoms with Crippen LogP contribution in [-0.4, -0.2) is 42.8 Å². The first-order valence-corrected chi connectivity index (χ1v) is 8.25. The van der Waals surface area contributed by atoms with Crippen LogP contribution in [0.1, 0.15) is 23.3 Å². The van der Waals surface area contributed by atoms with Gasteiger partial charge in [0.05, 0.1) is 6.61 Å². The lowest BCUT2D eigenvalue weighted by atomic mass is 9.98. The quantitative estimate of drug-likeness (QED) is 0.912. The first-order valence-electron chi connectivity index (χ1n) is 8.25. The Morgan fingerprint density at radius 1 is 1.17 bits per heavy atom. The Labute approximate surface area is 141 Å². The minimum absolute atomic E-state index is 0.217. The number of ether oxygens (including phenoxy) is 1. The van der Waals surface area contributed by atoms with Crippen LogP contribution in [-0.2, 0) is 0 Å². The van der Waals surface area contributed by atoms with Gasteiger partial charge in [0, 0.05) is 20.1 Å². The van der Waals surface area contributed by atoms with Gasteiger partial charge in [-0.05, 0) is 43.0 Å². The molecule has 3 rings (SSSR count). The van der Waals surface area contributed by atoms with E-state index in [2.05, 4.69) is 20.4 Å². The van der Waals surface area contributed by atoms with Crippen LogP contribution in [0, 0.1) is 5.92 Å². The van der Waals surface area contributed by atoms with Crippen LogP contribution < -0.4 is 15.0 Å². The lowest BCUT2D eigenvalue weighted by Crippen LogP contribution is -2.36. The summed E-state index contributed by atoms with van der Waals surface area (Å²) in [5.41, 5.74) is 0.340. The normalized spacial score (nSPS) is 15.1. The molecule has 1 fully saturated rings. The molecule has 0 unspecified atom stereocenters. The van der Waals surface area contributed by atoms with E-state index in [0.717, 1.165) is 44.1 Å². The molecule has 1 saturated heterocycles. The Hall–Kier alpha value is -2.63. The SMILES string of the molecule is CNC(=O)c1ccc(N2CCC(COc3ccccc3)CC2)nn1. The van der Waals surface area contributed by atoms with E-state index >= 15 is 0 Å². The third-order valence-electron chi connectivity index (χ3n) is 4.28. The van der Waals surface area contributed by atoms with Gasteiger partial charge >= 0.3 is 0 Å². The smallest absolute Gasteiger partial charge is 0.271 e. The molecule has 0 spiro atoms. The lowest BCUT2D eigenvalue weighted by molar-refractivity contribution is 0.0957. The second kappa shape index (κ2) is 7.77. The number of amides is 1. The largest absolute Gasteiger partial charge is 0.493 e. The molecule has 24 heavy (non-hydrogen) atoms. The van der Waals surface area contributed by atoms with E-state index in [0.29, 0.717) is 11.6 Å². The summed E-state index contributed by atoms with van der Waals surface area (Å²) < 4.78 is 5.85. The molecule has 6 heteroatoms. The van der Waals surface area contributed by atoms with Crippen molar-refractivity contribution in [3.05, 3.63) is 48.2 Å². The molecule has 1 aliphatic rings. The Kier molecular flexibility index (Phi) is 5.25. The maximum atomic E-state index is 11.5. The molecule has 6 nitrogen and oxygen atoms in total. The predicted molar refractivity (Wildman–Crippen MR) is 92.3 cm³/mol. The number of anilines is 1. The fourth-order valence-corrected chi connectivity index (χ4v) is 2.80. The van der Waals surface area contributed by atoms with Gasteiger partial charge in [-0.2, -0.15) is 0 Å². The molecule has 126 valence electrons. The van der Waals surface area contributed by atoms with Crippen molar-refractivity contribution >= 4 is 11.7 Å². The first-order chi connectivity index (χ1) is 11.8. The van der Waals surface area contributed by atoms with Crippen LogP contribution in [0.2, 0.25) is 0 Å². The van der Waals surface area contributed by atoms with Crippen molar-refractivity contribution < 1.29 is 9.53 Å². The van der Waals surface area contributed by atoms with Crippen molar-refractivity contribution in [2.24, 2.45) is 5.92 Å². The number of hydrogen-bond donors (Lipinski definition) is 1. The maximum Gasteiger partial charge on any atom is 0.271 e. The zero-order valence-electron chi connectivity index (χ0n) is 13.8. The molecule has 1 aliphatic heterocycles. The number of nitrogens with one attached hydrogen (secondary N) is 1. The fourth-order valence-electron chi connectivity index (χ4n) is 2.80. The molecular formula is C18H22N4O2. The topological polar surface area (TPSA) is 67.4 Å². The summed E-state index contributed by atoms with van der Waals surface area (Å²) in [7, 11) is 1.58. The van der Waals surface area contributed by atoms with Crippen LogP contribution in [0.15, 0.2) is 42.5 Å². The van der Waals surface area contributed by atoms with Crippen molar-refractivity contribution in [1.29, 1.82) is 0 Å². The molecule has 0 radical (unpaired) electrons. The van der Waals surface area contributed by atoms with Crippen LogP contribution in [0.25, 0.3) is 0 Å². The third kappa shape index (κ3) is 4.01. The second-order valence-corrected chi connectivity index (χ2v) is 5.91. The van der Waals surface area contributed by atoms with Gasteiger partial charge in [0.15, 0.2) is 11.5 Å². The lowest BCUT2D eigenvalue weighted by Gasteiger charge is -2.32. The van der Waals surface area contributed by atoms with E-state index in [1.54, 1.807) is 13.1 Å². The standard InChI is InChI=1S/C18H22N4O2/c1-19-18(23)16-7-8-17(21-20-16)22-11-9-14(10-12-22)13-24-15-5-3-2-4-6-15/h2-8,14H,9-13H2,1H3,(H,19,23). The van der Waals surface area contributed by atoms with Crippen molar-refractivity contribution in [2.75, 3.05) is 31.6 Å². The summed E-state index contributed by atoms with van der Waals surface area (Å²) in [4.78, 5) is 13.7. The van der Waals surface area contributed by atoms with Gasteiger partial charge in [-0.3, -0.25) is 4.79 Å². The average molecular weight is 326 g/mol. The molecule has 2 heterocycles. The molecule has 1 aromatic heterocycles. The van der Waals surface area contributed by atoms with E-state index in [1.807, 2.05) is 36.4 Å². The third-order valence-corrected chi connectivity index (χ3v) is 4.28. The van der Waals surface area contributed by atoms with Gasteiger partial charge in [0.25, 0.3) is 5.91 Å². The molecule has 2 aromatic rings. The summed E-state index contributed by atoms with van der Waals surface area (Å²) in [5, 5.41) is 10.7. The Morgan fingerprint density at radius 2 is 1.92 bits per heavy atom. The summed E-state index contributed by atoms with van der Waals surface area (Å²) in [5.74, 6) is 2.09. The highest BCUT2D eigenvalue weighted by atomic mass is 16.5. The first kappa shape index (κ1) is 16.2. The highest BCUT2D eigenvalue weighted by molar-refractivity contribution is 5.91. The fraction of sp³-hybridized carbons (Fsp3) is 0.389. The zero-order valence-corrected chi connectivity index (χ0v) is 13.8. The van der Waals surface area contributed by atoms with Gasteiger partial charge in [-0.15, -0.1) is 10.2 Å².